The molecule has 0 amide bonds. The average molecular weight is 497 g/mol. The van der Waals surface area contributed by atoms with E-state index in [9.17, 15) is 9.90 Å². The topological polar surface area (TPSA) is 87.4 Å². The minimum Gasteiger partial charge on any atom is -0.476 e. The molecule has 190 valence electrons. The van der Waals surface area contributed by atoms with Crippen molar-refractivity contribution in [2.24, 2.45) is 0 Å². The number of piperidine rings is 2. The first-order valence-electron chi connectivity index (χ1n) is 13.3. The number of hydrogen-bond donors (Lipinski definition) is 1. The van der Waals surface area contributed by atoms with Crippen molar-refractivity contribution in [1.29, 1.82) is 0 Å². The van der Waals surface area contributed by atoms with E-state index in [0.717, 1.165) is 73.7 Å². The van der Waals surface area contributed by atoms with Gasteiger partial charge in [0.1, 0.15) is 5.82 Å². The van der Waals surface area contributed by atoms with Gasteiger partial charge in [0.05, 0.1) is 11.2 Å². The van der Waals surface area contributed by atoms with Gasteiger partial charge in [0.15, 0.2) is 5.69 Å². The van der Waals surface area contributed by atoms with Crippen LogP contribution in [-0.2, 0) is 6.54 Å². The number of nitrogens with zero attached hydrogens (tertiary/aromatic N) is 6. The maximum Gasteiger partial charge on any atom is 0.357 e. The second-order valence-corrected chi connectivity index (χ2v) is 10.1. The fourth-order valence-corrected chi connectivity index (χ4v) is 5.60. The van der Waals surface area contributed by atoms with E-state index in [0.29, 0.717) is 5.39 Å². The molecule has 2 aliphatic heterocycles. The van der Waals surface area contributed by atoms with Crippen LogP contribution >= 0.6 is 0 Å². The lowest BCUT2D eigenvalue weighted by Crippen LogP contribution is -2.30. The number of carbonyl (C=O) groups is 1. The van der Waals surface area contributed by atoms with Crippen molar-refractivity contribution in [3.8, 4) is 16.8 Å². The van der Waals surface area contributed by atoms with E-state index in [2.05, 4.69) is 30.9 Å². The first-order valence-corrected chi connectivity index (χ1v) is 13.3. The van der Waals surface area contributed by atoms with Crippen molar-refractivity contribution >= 4 is 22.7 Å². The fraction of sp³-hybridized carbons (Fsp3) is 0.379. The number of pyridine rings is 2. The summed E-state index contributed by atoms with van der Waals surface area (Å²) < 4.78 is 1.72. The van der Waals surface area contributed by atoms with Crippen LogP contribution in [0.1, 0.15) is 54.6 Å². The Bertz CT molecular complexity index is 1420. The molecule has 2 fully saturated rings. The van der Waals surface area contributed by atoms with Crippen molar-refractivity contribution in [2.75, 3.05) is 31.1 Å². The number of aromatic nitrogens is 4. The Kier molecular flexibility index (Phi) is 6.57. The molecular formula is C29H32N6O2. The Morgan fingerprint density at radius 3 is 2.43 bits per heavy atom. The maximum absolute atomic E-state index is 12.2. The molecule has 5 heterocycles. The summed E-state index contributed by atoms with van der Waals surface area (Å²) in [5.74, 6) is -0.130. The predicted octanol–water partition coefficient (Wildman–Crippen LogP) is 5.16. The van der Waals surface area contributed by atoms with Crippen molar-refractivity contribution in [1.82, 2.24) is 24.6 Å². The highest BCUT2D eigenvalue weighted by atomic mass is 16.4. The van der Waals surface area contributed by atoms with Crippen LogP contribution in [0.3, 0.4) is 0 Å². The SMILES string of the molecule is O=C(O)c1nn(-c2ccnc(N3CCCCC3)c2)c2ccc(-c3cncc(CN4CCCCC4)c3)cc12. The molecule has 2 aliphatic rings. The van der Waals surface area contributed by atoms with E-state index in [1.807, 2.05) is 42.7 Å². The maximum atomic E-state index is 12.2. The Labute approximate surface area is 216 Å². The van der Waals surface area contributed by atoms with E-state index in [4.69, 9.17) is 0 Å². The number of likely N-dealkylation sites (tertiary alicyclic amines) is 1. The lowest BCUT2D eigenvalue weighted by molar-refractivity contribution is 0.0692. The molecule has 6 rings (SSSR count). The second-order valence-electron chi connectivity index (χ2n) is 10.1. The first-order chi connectivity index (χ1) is 18.2. The Morgan fingerprint density at radius 2 is 1.65 bits per heavy atom. The molecule has 0 unspecified atom stereocenters. The molecule has 0 bridgehead atoms. The molecule has 37 heavy (non-hydrogen) atoms. The van der Waals surface area contributed by atoms with Crippen molar-refractivity contribution < 1.29 is 9.90 Å². The summed E-state index contributed by atoms with van der Waals surface area (Å²) in [6.07, 6.45) is 13.0. The van der Waals surface area contributed by atoms with Crippen LogP contribution in [0.15, 0.2) is 55.0 Å². The third kappa shape index (κ3) is 4.93. The predicted molar refractivity (Wildman–Crippen MR) is 144 cm³/mol. The first kappa shape index (κ1) is 23.6. The zero-order valence-corrected chi connectivity index (χ0v) is 21.0. The largest absolute Gasteiger partial charge is 0.476 e. The van der Waals surface area contributed by atoms with Gasteiger partial charge in [0, 0.05) is 55.2 Å². The summed E-state index contributed by atoms with van der Waals surface area (Å²) in [5.41, 5.74) is 4.71. The van der Waals surface area contributed by atoms with Gasteiger partial charge in [-0.05, 0) is 80.6 Å². The Balaban J connectivity index is 1.35. The van der Waals surface area contributed by atoms with Crippen LogP contribution in [0.2, 0.25) is 0 Å². The summed E-state index contributed by atoms with van der Waals surface area (Å²) >= 11 is 0. The fourth-order valence-electron chi connectivity index (χ4n) is 5.60. The number of hydrogen-bond acceptors (Lipinski definition) is 6. The molecule has 1 aromatic carbocycles. The van der Waals surface area contributed by atoms with Crippen molar-refractivity contribution in [3.05, 3.63) is 66.2 Å². The summed E-state index contributed by atoms with van der Waals surface area (Å²) in [6, 6.07) is 12.0. The van der Waals surface area contributed by atoms with Crippen molar-refractivity contribution in [2.45, 2.75) is 45.1 Å². The highest BCUT2D eigenvalue weighted by molar-refractivity contribution is 6.03. The van der Waals surface area contributed by atoms with Gasteiger partial charge in [-0.1, -0.05) is 12.5 Å². The molecule has 0 aliphatic carbocycles. The molecule has 8 nitrogen and oxygen atoms in total. The van der Waals surface area contributed by atoms with Crippen molar-refractivity contribution in [3.63, 3.8) is 0 Å². The summed E-state index contributed by atoms with van der Waals surface area (Å²) in [7, 11) is 0. The lowest BCUT2D eigenvalue weighted by Gasteiger charge is -2.27. The zero-order chi connectivity index (χ0) is 25.2. The normalized spacial score (nSPS) is 16.8. The lowest BCUT2D eigenvalue weighted by atomic mass is 10.0. The molecule has 0 atom stereocenters. The molecule has 2 saturated heterocycles. The van der Waals surface area contributed by atoms with Gasteiger partial charge in [0.25, 0.3) is 0 Å². The van der Waals surface area contributed by atoms with Gasteiger partial charge in [-0.3, -0.25) is 9.88 Å². The smallest absolute Gasteiger partial charge is 0.357 e. The minimum atomic E-state index is -1.04. The van der Waals surface area contributed by atoms with E-state index in [1.54, 1.807) is 10.9 Å². The van der Waals surface area contributed by atoms with Gasteiger partial charge in [-0.2, -0.15) is 5.10 Å². The quantitative estimate of drug-likeness (QED) is 0.395. The minimum absolute atomic E-state index is 0.0469. The standard InChI is InChI=1S/C29H32N6O2/c36-29(37)28-25-16-22(23-15-21(18-30-19-23)20-33-11-3-1-4-12-33)7-8-26(25)35(32-28)24-9-10-31-27(17-24)34-13-5-2-6-14-34/h7-10,15-19H,1-6,11-14,20H2,(H,36,37). The summed E-state index contributed by atoms with van der Waals surface area (Å²) in [4.78, 5) is 26.0. The highest BCUT2D eigenvalue weighted by Gasteiger charge is 2.20. The number of carboxylic acids is 1. The monoisotopic (exact) mass is 496 g/mol. The number of rotatable bonds is 6. The van der Waals surface area contributed by atoms with Crippen LogP contribution in [0, 0.1) is 0 Å². The molecule has 0 radical (unpaired) electrons. The van der Waals surface area contributed by atoms with E-state index < -0.39 is 5.97 Å². The summed E-state index contributed by atoms with van der Waals surface area (Å²) in [5, 5.41) is 15.1. The average Bonchev–Trinajstić information content (AvgIpc) is 3.34. The third-order valence-corrected chi connectivity index (χ3v) is 7.52. The summed E-state index contributed by atoms with van der Waals surface area (Å²) in [6.45, 7) is 5.14. The Morgan fingerprint density at radius 1 is 0.865 bits per heavy atom. The van der Waals surface area contributed by atoms with Gasteiger partial charge in [0.2, 0.25) is 0 Å². The number of aromatic carboxylic acids is 1. The van der Waals surface area contributed by atoms with E-state index in [-0.39, 0.29) is 5.69 Å². The van der Waals surface area contributed by atoms with Crippen LogP contribution < -0.4 is 4.90 Å². The number of benzene rings is 1. The molecule has 4 aromatic rings. The van der Waals surface area contributed by atoms with Gasteiger partial charge in [-0.25, -0.2) is 14.5 Å². The molecule has 1 N–H and O–H groups in total. The highest BCUT2D eigenvalue weighted by Crippen LogP contribution is 2.30. The molecule has 3 aromatic heterocycles. The number of carboxylic acid groups (broad SMARTS) is 1. The van der Waals surface area contributed by atoms with Crippen LogP contribution in [0.25, 0.3) is 27.7 Å². The zero-order valence-electron chi connectivity index (χ0n) is 21.0. The molecule has 0 spiro atoms. The van der Waals surface area contributed by atoms with Crippen LogP contribution in [0.5, 0.6) is 0 Å². The number of anilines is 1. The van der Waals surface area contributed by atoms with E-state index >= 15 is 0 Å². The number of fused-ring (bicyclic) bond motifs is 1. The molecular weight excluding hydrogens is 464 g/mol. The second kappa shape index (κ2) is 10.3. The van der Waals surface area contributed by atoms with Gasteiger partial charge >= 0.3 is 5.97 Å². The van der Waals surface area contributed by atoms with E-state index in [1.165, 1.54) is 31.2 Å². The van der Waals surface area contributed by atoms with Gasteiger partial charge in [-0.15, -0.1) is 0 Å². The van der Waals surface area contributed by atoms with Crippen LogP contribution in [0.4, 0.5) is 5.82 Å². The van der Waals surface area contributed by atoms with Gasteiger partial charge < -0.3 is 10.0 Å². The third-order valence-electron chi connectivity index (χ3n) is 7.52. The Hall–Kier alpha value is -3.78. The molecule has 8 heteroatoms. The van der Waals surface area contributed by atoms with Crippen LogP contribution in [-0.4, -0.2) is 61.9 Å². The molecule has 0 saturated carbocycles.